The van der Waals surface area contributed by atoms with Gasteiger partial charge in [-0.25, -0.2) is 4.98 Å². The maximum Gasteiger partial charge on any atom is 0.387 e. The molecule has 0 spiro atoms. The minimum absolute atomic E-state index is 0.0260. The molecule has 2 aromatic heterocycles. The predicted molar refractivity (Wildman–Crippen MR) is 109 cm³/mol. The maximum atomic E-state index is 12.8. The molecule has 2 heterocycles. The highest BCUT2D eigenvalue weighted by Crippen LogP contribution is 2.28. The molecule has 0 aliphatic carbocycles. The topological polar surface area (TPSA) is 69.1 Å². The second-order valence-corrected chi connectivity index (χ2v) is 6.82. The Labute approximate surface area is 179 Å². The first-order chi connectivity index (χ1) is 15.4. The number of benzene rings is 2. The van der Waals surface area contributed by atoms with Gasteiger partial charge in [-0.1, -0.05) is 24.3 Å². The van der Waals surface area contributed by atoms with Crippen molar-refractivity contribution in [2.75, 3.05) is 0 Å². The lowest BCUT2D eigenvalue weighted by Gasteiger charge is -2.14. The largest absolute Gasteiger partial charge is 0.434 e. The third-order valence-corrected chi connectivity index (χ3v) is 4.80. The van der Waals surface area contributed by atoms with E-state index in [0.29, 0.717) is 16.6 Å². The smallest absolute Gasteiger partial charge is 0.387 e. The summed E-state index contributed by atoms with van der Waals surface area (Å²) in [7, 11) is 0. The number of halogens is 4. The molecule has 6 nitrogen and oxygen atoms in total. The Morgan fingerprint density at radius 2 is 1.75 bits per heavy atom. The molecule has 4 rings (SSSR count). The number of imidazole rings is 1. The Balaban J connectivity index is 1.80. The third kappa shape index (κ3) is 4.80. The Morgan fingerprint density at radius 3 is 2.47 bits per heavy atom. The van der Waals surface area contributed by atoms with Crippen LogP contribution in [0.1, 0.15) is 11.4 Å². The van der Waals surface area contributed by atoms with Crippen LogP contribution < -0.4 is 10.3 Å². The van der Waals surface area contributed by atoms with Crippen LogP contribution in [0.5, 0.6) is 5.75 Å². The Hall–Kier alpha value is -3.66. The first kappa shape index (κ1) is 21.6. The lowest BCUT2D eigenvalue weighted by atomic mass is 10.1. The summed E-state index contributed by atoms with van der Waals surface area (Å²) in [6, 6.07) is 14.5. The highest BCUT2D eigenvalue weighted by molar-refractivity contribution is 5.82. The predicted octanol–water partition coefficient (Wildman–Crippen LogP) is 4.78. The second-order valence-electron chi connectivity index (χ2n) is 6.82. The molecule has 166 valence electrons. The van der Waals surface area contributed by atoms with E-state index in [9.17, 15) is 22.4 Å². The van der Waals surface area contributed by atoms with E-state index in [2.05, 4.69) is 19.4 Å². The molecule has 0 atom stereocenters. The fraction of sp³-hybridized carbons (Fsp3) is 0.182. The van der Waals surface area contributed by atoms with Crippen molar-refractivity contribution in [3.8, 4) is 16.9 Å². The first-order valence-corrected chi connectivity index (χ1v) is 9.51. The van der Waals surface area contributed by atoms with E-state index in [-0.39, 0.29) is 23.7 Å². The number of rotatable bonds is 8. The van der Waals surface area contributed by atoms with E-state index < -0.39 is 19.8 Å². The summed E-state index contributed by atoms with van der Waals surface area (Å²) in [6.07, 6.45) is 1.55. The van der Waals surface area contributed by atoms with Gasteiger partial charge in [-0.2, -0.15) is 17.6 Å². The van der Waals surface area contributed by atoms with Gasteiger partial charge in [0.05, 0.1) is 17.6 Å². The maximum absolute atomic E-state index is 12.8. The molecule has 0 amide bonds. The lowest BCUT2D eigenvalue weighted by molar-refractivity contribution is -0.139. The lowest BCUT2D eigenvalue weighted by Crippen LogP contribution is -2.11. The zero-order chi connectivity index (χ0) is 22.7. The summed E-state index contributed by atoms with van der Waals surface area (Å²) in [5.74, 6) is 0.174. The number of hydrogen-bond acceptors (Lipinski definition) is 4. The SMILES string of the molecule is O=c1ccc(-c2ccc3nc(COC(F)F)n(Cc4ccccc4OC(F)F)c3c2)c[nH]1. The molecule has 0 unspecified atom stereocenters. The summed E-state index contributed by atoms with van der Waals surface area (Å²) in [5, 5.41) is 0. The van der Waals surface area contributed by atoms with Crippen LogP contribution in [0.15, 0.2) is 65.6 Å². The standard InChI is InChI=1S/C22H17F4N3O3/c23-21(24)31-12-19-28-16-7-5-13(14-6-8-20(30)27-10-14)9-17(16)29(19)11-15-3-1-2-4-18(15)32-22(25)26/h1-10,21-22H,11-12H2,(H,27,30). The molecule has 0 radical (unpaired) electrons. The third-order valence-electron chi connectivity index (χ3n) is 4.80. The molecular weight excluding hydrogens is 430 g/mol. The van der Waals surface area contributed by atoms with Crippen LogP contribution in [0.4, 0.5) is 17.6 Å². The number of aromatic amines is 1. The molecule has 0 bridgehead atoms. The average molecular weight is 447 g/mol. The number of alkyl halides is 4. The van der Waals surface area contributed by atoms with Crippen LogP contribution in [0, 0.1) is 0 Å². The number of H-pyrrole nitrogens is 1. The number of pyridine rings is 1. The first-order valence-electron chi connectivity index (χ1n) is 9.51. The van der Waals surface area contributed by atoms with E-state index >= 15 is 0 Å². The van der Waals surface area contributed by atoms with Crippen LogP contribution in [0.25, 0.3) is 22.2 Å². The number of ether oxygens (including phenoxy) is 2. The number of aromatic nitrogens is 3. The number of fused-ring (bicyclic) bond motifs is 1. The van der Waals surface area contributed by atoms with Crippen LogP contribution in [0.2, 0.25) is 0 Å². The van der Waals surface area contributed by atoms with Gasteiger partial charge in [0.1, 0.15) is 18.2 Å². The molecule has 10 heteroatoms. The van der Waals surface area contributed by atoms with E-state index in [0.717, 1.165) is 11.1 Å². The fourth-order valence-electron chi connectivity index (χ4n) is 3.38. The molecule has 2 aromatic carbocycles. The van der Waals surface area contributed by atoms with Crippen molar-refractivity contribution in [3.63, 3.8) is 0 Å². The van der Waals surface area contributed by atoms with Crippen molar-refractivity contribution in [1.29, 1.82) is 0 Å². The molecule has 0 saturated heterocycles. The summed E-state index contributed by atoms with van der Waals surface area (Å²) in [4.78, 5) is 18.3. The van der Waals surface area contributed by atoms with E-state index in [4.69, 9.17) is 0 Å². The van der Waals surface area contributed by atoms with Crippen molar-refractivity contribution < 1.29 is 27.0 Å². The van der Waals surface area contributed by atoms with E-state index in [1.54, 1.807) is 53.2 Å². The zero-order valence-electron chi connectivity index (χ0n) is 16.5. The molecule has 4 aromatic rings. The van der Waals surface area contributed by atoms with Gasteiger partial charge in [0.2, 0.25) is 5.56 Å². The average Bonchev–Trinajstić information content (AvgIpc) is 3.10. The minimum atomic E-state index is -3.01. The van der Waals surface area contributed by atoms with Gasteiger partial charge in [0, 0.05) is 17.8 Å². The van der Waals surface area contributed by atoms with Crippen molar-refractivity contribution in [3.05, 3.63) is 82.5 Å². The monoisotopic (exact) mass is 447 g/mol. The van der Waals surface area contributed by atoms with Gasteiger partial charge >= 0.3 is 13.2 Å². The molecule has 0 aliphatic heterocycles. The molecule has 1 N–H and O–H groups in total. The fourth-order valence-corrected chi connectivity index (χ4v) is 3.38. The summed E-state index contributed by atoms with van der Waals surface area (Å²) in [5.41, 5.74) is 2.73. The van der Waals surface area contributed by atoms with Gasteiger partial charge < -0.3 is 19.0 Å². The molecule has 0 aliphatic rings. The number of nitrogens with zero attached hydrogens (tertiary/aromatic N) is 2. The number of nitrogens with one attached hydrogen (secondary N) is 1. The molecule has 0 fully saturated rings. The molecular formula is C22H17F4N3O3. The van der Waals surface area contributed by atoms with Crippen LogP contribution in [0.3, 0.4) is 0 Å². The highest BCUT2D eigenvalue weighted by Gasteiger charge is 2.17. The van der Waals surface area contributed by atoms with Crippen molar-refractivity contribution in [2.45, 2.75) is 26.4 Å². The summed E-state index contributed by atoms with van der Waals surface area (Å²) >= 11 is 0. The van der Waals surface area contributed by atoms with Gasteiger partial charge in [-0.3, -0.25) is 4.79 Å². The van der Waals surface area contributed by atoms with Crippen molar-refractivity contribution in [2.24, 2.45) is 0 Å². The van der Waals surface area contributed by atoms with Gasteiger partial charge in [-0.15, -0.1) is 0 Å². The highest BCUT2D eigenvalue weighted by atomic mass is 19.3. The van der Waals surface area contributed by atoms with Gasteiger partial charge in [0.25, 0.3) is 0 Å². The minimum Gasteiger partial charge on any atom is -0.434 e. The number of para-hydroxylation sites is 1. The molecule has 0 saturated carbocycles. The van der Waals surface area contributed by atoms with E-state index in [1.165, 1.54) is 12.1 Å². The quantitative estimate of drug-likeness (QED) is 0.395. The van der Waals surface area contributed by atoms with Crippen LogP contribution in [-0.2, 0) is 17.9 Å². The summed E-state index contributed by atoms with van der Waals surface area (Å²) in [6.45, 7) is -6.44. The number of hydrogen-bond donors (Lipinski definition) is 1. The Bertz CT molecular complexity index is 1270. The summed E-state index contributed by atoms with van der Waals surface area (Å²) < 4.78 is 61.6. The Kier molecular flexibility index (Phi) is 6.22. The Morgan fingerprint density at radius 1 is 0.969 bits per heavy atom. The van der Waals surface area contributed by atoms with Crippen molar-refractivity contribution in [1.82, 2.24) is 14.5 Å². The second kappa shape index (κ2) is 9.23. The normalized spacial score (nSPS) is 11.6. The molecule has 32 heavy (non-hydrogen) atoms. The zero-order valence-corrected chi connectivity index (χ0v) is 16.5. The van der Waals surface area contributed by atoms with Crippen LogP contribution in [-0.4, -0.2) is 27.8 Å². The van der Waals surface area contributed by atoms with Gasteiger partial charge in [-0.05, 0) is 35.4 Å². The van der Waals surface area contributed by atoms with Crippen LogP contribution >= 0.6 is 0 Å². The van der Waals surface area contributed by atoms with Crippen molar-refractivity contribution >= 4 is 11.0 Å². The van der Waals surface area contributed by atoms with Gasteiger partial charge in [0.15, 0.2) is 0 Å². The van der Waals surface area contributed by atoms with E-state index in [1.807, 2.05) is 0 Å².